The number of ether oxygens (including phenoxy) is 2. The second-order valence-corrected chi connectivity index (χ2v) is 11.1. The normalized spacial score (nSPS) is 13.3. The van der Waals surface area contributed by atoms with Gasteiger partial charge in [0.25, 0.3) is 0 Å². The Morgan fingerprint density at radius 3 is 2.48 bits per heavy atom. The van der Waals surface area contributed by atoms with Gasteiger partial charge in [-0.1, -0.05) is 60.8 Å². The fourth-order valence-electron chi connectivity index (χ4n) is 5.34. The van der Waals surface area contributed by atoms with Gasteiger partial charge in [-0.3, -0.25) is 4.79 Å². The number of ketones is 1. The number of methoxy groups -OCH3 is 2. The molecule has 5 rings (SSSR count). The maximum atomic E-state index is 12.1. The number of rotatable bonds is 11. The first kappa shape index (κ1) is 29.6. The predicted molar refractivity (Wildman–Crippen MR) is 170 cm³/mol. The fourth-order valence-corrected chi connectivity index (χ4v) is 6.04. The zero-order valence-corrected chi connectivity index (χ0v) is 25.4. The van der Waals surface area contributed by atoms with E-state index < -0.39 is 0 Å². The number of anilines is 3. The molecule has 1 fully saturated rings. The summed E-state index contributed by atoms with van der Waals surface area (Å²) >= 11 is 13.5. The van der Waals surface area contributed by atoms with Gasteiger partial charge < -0.3 is 20.1 Å². The first-order chi connectivity index (χ1) is 20.3. The number of fused-ring (bicyclic) bond motifs is 1. The van der Waals surface area contributed by atoms with Crippen molar-refractivity contribution in [2.45, 2.75) is 39.0 Å². The fraction of sp³-hybridized carbons (Fsp3) is 0.312. The van der Waals surface area contributed by atoms with E-state index in [-0.39, 0.29) is 12.2 Å². The van der Waals surface area contributed by atoms with Crippen LogP contribution in [0.5, 0.6) is 11.5 Å². The number of pyridine rings is 1. The number of nitrogens with one attached hydrogen (secondary N) is 2. The molecule has 0 unspecified atom stereocenters. The summed E-state index contributed by atoms with van der Waals surface area (Å²) in [6, 6.07) is 9.32. The van der Waals surface area contributed by atoms with Gasteiger partial charge in [-0.2, -0.15) is 0 Å². The molecule has 0 spiro atoms. The SMILES string of the molecule is C=CC(=O)Cc1cccc(C)c1Nc1ncc2cc(-c3c(Cl)c(OC)cc(OC)c3Cl)nc(NCC3CCCC3)c2n1. The minimum Gasteiger partial charge on any atom is -0.495 e. The summed E-state index contributed by atoms with van der Waals surface area (Å²) in [5.74, 6) is 2.34. The van der Waals surface area contributed by atoms with Crippen LogP contribution in [0.15, 0.2) is 49.2 Å². The van der Waals surface area contributed by atoms with Crippen LogP contribution in [0.3, 0.4) is 0 Å². The predicted octanol–water partition coefficient (Wildman–Crippen LogP) is 7.97. The molecule has 0 amide bonds. The molecule has 2 N–H and O–H groups in total. The van der Waals surface area contributed by atoms with E-state index in [0.717, 1.165) is 28.7 Å². The van der Waals surface area contributed by atoms with Gasteiger partial charge in [0.1, 0.15) is 17.0 Å². The molecule has 1 aliphatic carbocycles. The number of benzene rings is 2. The van der Waals surface area contributed by atoms with Crippen LogP contribution >= 0.6 is 23.2 Å². The minimum atomic E-state index is -0.0651. The van der Waals surface area contributed by atoms with E-state index in [4.69, 9.17) is 42.6 Å². The summed E-state index contributed by atoms with van der Waals surface area (Å²) in [5.41, 5.74) is 4.29. The van der Waals surface area contributed by atoms with Gasteiger partial charge >= 0.3 is 0 Å². The lowest BCUT2D eigenvalue weighted by atomic mass is 10.0. The number of carbonyl (C=O) groups is 1. The summed E-state index contributed by atoms with van der Waals surface area (Å²) in [5, 5.41) is 8.30. The van der Waals surface area contributed by atoms with Crippen LogP contribution in [0.4, 0.5) is 17.5 Å². The molecule has 1 aliphatic rings. The Hall–Kier alpha value is -3.88. The average Bonchev–Trinajstić information content (AvgIpc) is 3.52. The number of aromatic nitrogens is 3. The second kappa shape index (κ2) is 13.0. The molecule has 0 saturated heterocycles. The van der Waals surface area contributed by atoms with Crippen molar-refractivity contribution >= 4 is 57.3 Å². The standard InChI is InChI=1S/C32H33Cl2N5O3/c1-5-22(40)13-20-12-8-9-18(2)29(20)38-32-36-17-21-14-23(26-27(33)24(41-3)15-25(42-4)28(26)34)37-31(30(21)39-32)35-16-19-10-6-7-11-19/h5,8-9,12,14-15,17,19H,1,6-7,10-11,13,16H2,2-4H3,(H,35,37)(H,36,38,39). The molecule has 42 heavy (non-hydrogen) atoms. The molecule has 0 atom stereocenters. The molecule has 0 bridgehead atoms. The lowest BCUT2D eigenvalue weighted by Crippen LogP contribution is -2.13. The van der Waals surface area contributed by atoms with Crippen LogP contribution in [0, 0.1) is 12.8 Å². The maximum absolute atomic E-state index is 12.1. The first-order valence-corrected chi connectivity index (χ1v) is 14.6. The van der Waals surface area contributed by atoms with Gasteiger partial charge in [-0.25, -0.2) is 15.0 Å². The topological polar surface area (TPSA) is 98.3 Å². The first-order valence-electron chi connectivity index (χ1n) is 13.9. The Morgan fingerprint density at radius 1 is 1.10 bits per heavy atom. The molecule has 10 heteroatoms. The second-order valence-electron chi connectivity index (χ2n) is 10.4. The molecular formula is C32H33Cl2N5O3. The highest BCUT2D eigenvalue weighted by Gasteiger charge is 2.23. The third-order valence-electron chi connectivity index (χ3n) is 7.62. The summed E-state index contributed by atoms with van der Waals surface area (Å²) in [6.45, 7) is 6.35. The van der Waals surface area contributed by atoms with Crippen molar-refractivity contribution in [1.82, 2.24) is 15.0 Å². The Bertz CT molecular complexity index is 1630. The third kappa shape index (κ3) is 6.15. The summed E-state index contributed by atoms with van der Waals surface area (Å²) in [6.07, 6.45) is 8.12. The lowest BCUT2D eigenvalue weighted by Gasteiger charge is -2.18. The van der Waals surface area contributed by atoms with Crippen molar-refractivity contribution < 1.29 is 14.3 Å². The molecule has 2 aromatic carbocycles. The number of carbonyl (C=O) groups excluding carboxylic acids is 1. The van der Waals surface area contributed by atoms with Gasteiger partial charge in [0.2, 0.25) is 5.95 Å². The molecule has 0 radical (unpaired) electrons. The number of hydrogen-bond donors (Lipinski definition) is 2. The van der Waals surface area contributed by atoms with Crippen LogP contribution < -0.4 is 20.1 Å². The van der Waals surface area contributed by atoms with Gasteiger partial charge in [-0.05, 0) is 49.0 Å². The molecule has 2 heterocycles. The average molecular weight is 607 g/mol. The lowest BCUT2D eigenvalue weighted by molar-refractivity contribution is -0.114. The van der Waals surface area contributed by atoms with Crippen molar-refractivity contribution in [3.8, 4) is 22.8 Å². The molecule has 1 saturated carbocycles. The van der Waals surface area contributed by atoms with Crippen LogP contribution in [0.2, 0.25) is 10.0 Å². The van der Waals surface area contributed by atoms with Crippen LogP contribution in [-0.2, 0) is 11.2 Å². The molecular weight excluding hydrogens is 573 g/mol. The smallest absolute Gasteiger partial charge is 0.227 e. The molecule has 8 nitrogen and oxygen atoms in total. The Balaban J connectivity index is 1.61. The van der Waals surface area contributed by atoms with Gasteiger partial charge in [-0.15, -0.1) is 0 Å². The van der Waals surface area contributed by atoms with Crippen molar-refractivity contribution in [1.29, 1.82) is 0 Å². The van der Waals surface area contributed by atoms with E-state index in [0.29, 0.717) is 56.0 Å². The van der Waals surface area contributed by atoms with E-state index in [2.05, 4.69) is 22.2 Å². The van der Waals surface area contributed by atoms with Crippen LogP contribution in [0.1, 0.15) is 36.8 Å². The van der Waals surface area contributed by atoms with Gasteiger partial charge in [0, 0.05) is 41.9 Å². The maximum Gasteiger partial charge on any atom is 0.227 e. The van der Waals surface area contributed by atoms with E-state index in [9.17, 15) is 4.79 Å². The number of aryl methyl sites for hydroxylation is 1. The van der Waals surface area contributed by atoms with Gasteiger partial charge in [0.05, 0.1) is 30.0 Å². The minimum absolute atomic E-state index is 0.0651. The van der Waals surface area contributed by atoms with E-state index in [1.54, 1.807) is 12.3 Å². The Labute approximate surface area is 255 Å². The summed E-state index contributed by atoms with van der Waals surface area (Å²) in [4.78, 5) is 26.6. The van der Waals surface area contributed by atoms with E-state index in [1.165, 1.54) is 46.0 Å². The number of allylic oxidation sites excluding steroid dienone is 1. The summed E-state index contributed by atoms with van der Waals surface area (Å²) < 4.78 is 11.0. The quantitative estimate of drug-likeness (QED) is 0.166. The highest BCUT2D eigenvalue weighted by atomic mass is 35.5. The zero-order chi connectivity index (χ0) is 29.8. The van der Waals surface area contributed by atoms with Crippen molar-refractivity contribution in [2.75, 3.05) is 31.4 Å². The van der Waals surface area contributed by atoms with E-state index >= 15 is 0 Å². The number of hydrogen-bond acceptors (Lipinski definition) is 8. The number of nitrogens with zero attached hydrogens (tertiary/aromatic N) is 3. The summed E-state index contributed by atoms with van der Waals surface area (Å²) in [7, 11) is 3.08. The highest BCUT2D eigenvalue weighted by Crippen LogP contribution is 2.46. The Kier molecular flexibility index (Phi) is 9.14. The van der Waals surface area contributed by atoms with Crippen LogP contribution in [0.25, 0.3) is 22.2 Å². The van der Waals surface area contributed by atoms with Crippen molar-refractivity contribution in [3.05, 3.63) is 70.4 Å². The van der Waals surface area contributed by atoms with Gasteiger partial charge in [0.15, 0.2) is 11.6 Å². The highest BCUT2D eigenvalue weighted by molar-refractivity contribution is 6.41. The molecule has 0 aliphatic heterocycles. The molecule has 218 valence electrons. The number of para-hydroxylation sites is 1. The van der Waals surface area contributed by atoms with Crippen molar-refractivity contribution in [3.63, 3.8) is 0 Å². The third-order valence-corrected chi connectivity index (χ3v) is 8.37. The zero-order valence-electron chi connectivity index (χ0n) is 23.9. The Morgan fingerprint density at radius 2 is 1.81 bits per heavy atom. The largest absolute Gasteiger partial charge is 0.495 e. The van der Waals surface area contributed by atoms with Crippen molar-refractivity contribution in [2.24, 2.45) is 5.92 Å². The number of halogens is 2. The monoisotopic (exact) mass is 605 g/mol. The van der Waals surface area contributed by atoms with E-state index in [1.807, 2.05) is 31.2 Å². The molecule has 4 aromatic rings. The van der Waals surface area contributed by atoms with Crippen LogP contribution in [-0.4, -0.2) is 41.5 Å². The molecule has 2 aromatic heterocycles.